The zero-order chi connectivity index (χ0) is 15.6. The molecule has 0 amide bonds. The Hall–Kier alpha value is -2.89. The van der Waals surface area contributed by atoms with E-state index in [4.69, 9.17) is 4.74 Å². The topological polar surface area (TPSA) is 61.9 Å². The van der Waals surface area contributed by atoms with Gasteiger partial charge in [0.05, 0.1) is 12.9 Å². The molecule has 0 saturated heterocycles. The van der Waals surface area contributed by atoms with Crippen molar-refractivity contribution in [3.05, 3.63) is 71.2 Å². The second-order valence-electron chi connectivity index (χ2n) is 5.62. The fourth-order valence-corrected chi connectivity index (χ4v) is 2.78. The van der Waals surface area contributed by atoms with Gasteiger partial charge in [0, 0.05) is 30.3 Å². The molecule has 1 aliphatic heterocycles. The van der Waals surface area contributed by atoms with Gasteiger partial charge >= 0.3 is 0 Å². The first kappa shape index (κ1) is 13.8. The van der Waals surface area contributed by atoms with E-state index in [0.717, 1.165) is 25.1 Å². The lowest BCUT2D eigenvalue weighted by molar-refractivity contribution is 0.214. The number of hydrogen-bond acceptors (Lipinski definition) is 4. The van der Waals surface area contributed by atoms with Gasteiger partial charge < -0.3 is 9.30 Å². The summed E-state index contributed by atoms with van der Waals surface area (Å²) in [5, 5.41) is 0. The van der Waals surface area contributed by atoms with Crippen LogP contribution >= 0.6 is 0 Å². The SMILES string of the molecule is O=c1ccn2c(n1)OC(CCc1ccc(-n3ccnc3)cc1)C2. The third-order valence-electron chi connectivity index (χ3n) is 4.01. The van der Waals surface area contributed by atoms with Crippen molar-refractivity contribution in [2.45, 2.75) is 25.5 Å². The average molecular weight is 308 g/mol. The molecule has 23 heavy (non-hydrogen) atoms. The van der Waals surface area contributed by atoms with E-state index >= 15 is 0 Å². The fourth-order valence-electron chi connectivity index (χ4n) is 2.78. The summed E-state index contributed by atoms with van der Waals surface area (Å²) in [4.78, 5) is 19.2. The Morgan fingerprint density at radius 2 is 2.04 bits per heavy atom. The van der Waals surface area contributed by atoms with Gasteiger partial charge in [0.25, 0.3) is 11.6 Å². The van der Waals surface area contributed by atoms with Crippen LogP contribution in [-0.2, 0) is 13.0 Å². The van der Waals surface area contributed by atoms with Crippen LogP contribution in [0.3, 0.4) is 0 Å². The highest BCUT2D eigenvalue weighted by atomic mass is 16.5. The van der Waals surface area contributed by atoms with E-state index in [1.54, 1.807) is 18.7 Å². The molecule has 6 nitrogen and oxygen atoms in total. The number of hydrogen-bond donors (Lipinski definition) is 0. The molecule has 1 atom stereocenters. The molecule has 1 unspecified atom stereocenters. The number of imidazole rings is 1. The Kier molecular flexibility index (Phi) is 3.42. The van der Waals surface area contributed by atoms with Gasteiger partial charge in [-0.05, 0) is 30.5 Å². The van der Waals surface area contributed by atoms with Crippen LogP contribution in [0.5, 0.6) is 6.01 Å². The third kappa shape index (κ3) is 2.88. The van der Waals surface area contributed by atoms with Crippen LogP contribution in [0.25, 0.3) is 5.69 Å². The fraction of sp³-hybridized carbons (Fsp3) is 0.235. The molecule has 0 aliphatic carbocycles. The van der Waals surface area contributed by atoms with Crippen molar-refractivity contribution in [1.29, 1.82) is 0 Å². The predicted octanol–water partition coefficient (Wildman–Crippen LogP) is 1.82. The Labute approximate surface area is 133 Å². The van der Waals surface area contributed by atoms with Crippen LogP contribution in [0.15, 0.2) is 60.0 Å². The summed E-state index contributed by atoms with van der Waals surface area (Å²) in [6.07, 6.45) is 9.10. The van der Waals surface area contributed by atoms with Crippen LogP contribution in [0.4, 0.5) is 0 Å². The first-order chi connectivity index (χ1) is 11.3. The Balaban J connectivity index is 1.38. The van der Waals surface area contributed by atoms with Crippen molar-refractivity contribution in [3.63, 3.8) is 0 Å². The number of aromatic nitrogens is 4. The van der Waals surface area contributed by atoms with Crippen molar-refractivity contribution in [3.8, 4) is 11.7 Å². The lowest BCUT2D eigenvalue weighted by Crippen LogP contribution is -2.15. The number of rotatable bonds is 4. The molecule has 0 fully saturated rings. The molecule has 2 aromatic heterocycles. The molecule has 1 aromatic carbocycles. The lowest BCUT2D eigenvalue weighted by atomic mass is 10.1. The van der Waals surface area contributed by atoms with Crippen LogP contribution < -0.4 is 10.3 Å². The standard InChI is InChI=1S/C17H16N4O2/c22-16-7-9-20-11-15(23-17(20)19-16)6-3-13-1-4-14(5-2-13)21-10-8-18-12-21/h1-2,4-5,7-10,12,15H,3,6,11H2. The van der Waals surface area contributed by atoms with Crippen LogP contribution in [-0.4, -0.2) is 25.2 Å². The number of benzene rings is 1. The largest absolute Gasteiger partial charge is 0.459 e. The first-order valence-electron chi connectivity index (χ1n) is 7.59. The van der Waals surface area contributed by atoms with Crippen molar-refractivity contribution < 1.29 is 4.74 Å². The smallest absolute Gasteiger partial charge is 0.300 e. The molecular formula is C17H16N4O2. The molecule has 3 aromatic rings. The minimum atomic E-state index is -0.257. The van der Waals surface area contributed by atoms with Crippen LogP contribution in [0.2, 0.25) is 0 Å². The molecule has 4 rings (SSSR count). The molecular weight excluding hydrogens is 292 g/mol. The molecule has 6 heteroatoms. The number of ether oxygens (including phenoxy) is 1. The number of fused-ring (bicyclic) bond motifs is 1. The normalized spacial score (nSPS) is 16.1. The zero-order valence-electron chi connectivity index (χ0n) is 12.5. The summed E-state index contributed by atoms with van der Waals surface area (Å²) in [6, 6.07) is 10.3. The second kappa shape index (κ2) is 5.72. The molecule has 116 valence electrons. The van der Waals surface area contributed by atoms with Gasteiger partial charge in [-0.1, -0.05) is 12.1 Å². The van der Waals surface area contributed by atoms with Crippen molar-refractivity contribution in [2.24, 2.45) is 0 Å². The maximum absolute atomic E-state index is 11.2. The van der Waals surface area contributed by atoms with E-state index in [0.29, 0.717) is 6.01 Å². The van der Waals surface area contributed by atoms with Crippen molar-refractivity contribution in [1.82, 2.24) is 19.1 Å². The second-order valence-corrected chi connectivity index (χ2v) is 5.62. The van der Waals surface area contributed by atoms with E-state index in [1.807, 2.05) is 15.3 Å². The van der Waals surface area contributed by atoms with Gasteiger partial charge in [-0.15, -0.1) is 0 Å². The molecule has 3 heterocycles. The molecule has 0 N–H and O–H groups in total. The van der Waals surface area contributed by atoms with Gasteiger partial charge in [0.15, 0.2) is 0 Å². The highest BCUT2D eigenvalue weighted by Crippen LogP contribution is 2.20. The average Bonchev–Trinajstić information content (AvgIpc) is 3.22. The van der Waals surface area contributed by atoms with Gasteiger partial charge in [-0.2, -0.15) is 4.98 Å². The highest BCUT2D eigenvalue weighted by molar-refractivity contribution is 5.34. The maximum atomic E-state index is 11.2. The molecule has 0 saturated carbocycles. The van der Waals surface area contributed by atoms with E-state index in [9.17, 15) is 4.79 Å². The molecule has 1 aliphatic rings. The monoisotopic (exact) mass is 308 g/mol. The van der Waals surface area contributed by atoms with Gasteiger partial charge in [0.2, 0.25) is 0 Å². The number of nitrogens with zero attached hydrogens (tertiary/aromatic N) is 4. The summed E-state index contributed by atoms with van der Waals surface area (Å²) in [6.45, 7) is 0.746. The highest BCUT2D eigenvalue weighted by Gasteiger charge is 2.22. The minimum absolute atomic E-state index is 0.0672. The zero-order valence-corrected chi connectivity index (χ0v) is 12.5. The quantitative estimate of drug-likeness (QED) is 0.737. The van der Waals surface area contributed by atoms with Crippen LogP contribution in [0.1, 0.15) is 12.0 Å². The van der Waals surface area contributed by atoms with Crippen LogP contribution in [0, 0.1) is 0 Å². The Morgan fingerprint density at radius 3 is 2.83 bits per heavy atom. The Morgan fingerprint density at radius 1 is 1.17 bits per heavy atom. The molecule has 0 bridgehead atoms. The van der Waals surface area contributed by atoms with Gasteiger partial charge in [-0.3, -0.25) is 9.36 Å². The van der Waals surface area contributed by atoms with Crippen molar-refractivity contribution >= 4 is 0 Å². The van der Waals surface area contributed by atoms with E-state index in [-0.39, 0.29) is 11.7 Å². The van der Waals surface area contributed by atoms with Gasteiger partial charge in [0.1, 0.15) is 6.10 Å². The van der Waals surface area contributed by atoms with Crippen molar-refractivity contribution in [2.75, 3.05) is 0 Å². The summed E-state index contributed by atoms with van der Waals surface area (Å²) >= 11 is 0. The summed E-state index contributed by atoms with van der Waals surface area (Å²) < 4.78 is 9.59. The lowest BCUT2D eigenvalue weighted by Gasteiger charge is -2.09. The number of aryl methyl sites for hydroxylation is 1. The summed E-state index contributed by atoms with van der Waals surface area (Å²) in [5.41, 5.74) is 2.10. The van der Waals surface area contributed by atoms with E-state index in [1.165, 1.54) is 11.6 Å². The first-order valence-corrected chi connectivity index (χ1v) is 7.59. The predicted molar refractivity (Wildman–Crippen MR) is 84.8 cm³/mol. The minimum Gasteiger partial charge on any atom is -0.459 e. The Bertz CT molecular complexity index is 853. The van der Waals surface area contributed by atoms with E-state index < -0.39 is 0 Å². The summed E-state index contributed by atoms with van der Waals surface area (Å²) in [5.74, 6) is 0. The molecule has 0 radical (unpaired) electrons. The van der Waals surface area contributed by atoms with E-state index in [2.05, 4.69) is 34.2 Å². The maximum Gasteiger partial charge on any atom is 0.300 e. The third-order valence-corrected chi connectivity index (χ3v) is 4.01. The summed E-state index contributed by atoms with van der Waals surface area (Å²) in [7, 11) is 0. The van der Waals surface area contributed by atoms with Gasteiger partial charge in [-0.25, -0.2) is 4.98 Å². The molecule has 0 spiro atoms.